The average molecular weight is 409 g/mol. The van der Waals surface area contributed by atoms with Gasteiger partial charge in [0, 0.05) is 18.0 Å². The summed E-state index contributed by atoms with van der Waals surface area (Å²) < 4.78 is 5.32. The number of aryl methyl sites for hydroxylation is 1. The van der Waals surface area contributed by atoms with Gasteiger partial charge >= 0.3 is 0 Å². The van der Waals surface area contributed by atoms with Gasteiger partial charge in [-0.25, -0.2) is 0 Å². The summed E-state index contributed by atoms with van der Waals surface area (Å²) in [5, 5.41) is 4.87. The zero-order chi connectivity index (χ0) is 20.2. The van der Waals surface area contributed by atoms with Gasteiger partial charge in [0.2, 0.25) is 0 Å². The van der Waals surface area contributed by atoms with E-state index in [1.54, 1.807) is 17.0 Å². The number of carbonyl (C=O) groups excluding carboxylic acids is 1. The molecule has 0 bridgehead atoms. The van der Waals surface area contributed by atoms with Crippen LogP contribution in [0.25, 0.3) is 0 Å². The van der Waals surface area contributed by atoms with Crippen LogP contribution in [0.5, 0.6) is 0 Å². The lowest BCUT2D eigenvalue weighted by atomic mass is 10.0. The Hall–Kier alpha value is -3.05. The van der Waals surface area contributed by atoms with E-state index in [1.165, 1.54) is 11.8 Å². The van der Waals surface area contributed by atoms with E-state index in [4.69, 9.17) is 20.9 Å². The van der Waals surface area contributed by atoms with Gasteiger partial charge in [-0.2, -0.15) is 0 Å². The Morgan fingerprint density at radius 2 is 1.93 bits per heavy atom. The Kier molecular flexibility index (Phi) is 5.67. The molecule has 148 valence electrons. The van der Waals surface area contributed by atoms with Crippen molar-refractivity contribution >= 4 is 23.2 Å². The molecule has 29 heavy (non-hydrogen) atoms. The normalized spacial score (nSPS) is 15.7. The minimum atomic E-state index is -0.229. The molecule has 0 fully saturated rings. The first-order chi connectivity index (χ1) is 14.1. The van der Waals surface area contributed by atoms with Gasteiger partial charge in [0.25, 0.3) is 5.91 Å². The number of carbonyl (C=O) groups is 1. The molecule has 0 unspecified atom stereocenters. The molecule has 1 aliphatic heterocycles. The van der Waals surface area contributed by atoms with E-state index in [2.05, 4.69) is 17.3 Å². The standard InChI is InChI=1S/C23H21ClN2O3/c1-16-8-10-17(11-9-16)21-13-19(29-25-21)15-26(23(27)22-7-4-12-28-22)14-18-5-2-3-6-20(18)24/h2-12,19H,13-15H2,1H3/t19-/m0/s1. The Balaban J connectivity index is 1.49. The van der Waals surface area contributed by atoms with Crippen molar-refractivity contribution < 1.29 is 14.0 Å². The van der Waals surface area contributed by atoms with Crippen LogP contribution in [-0.4, -0.2) is 29.2 Å². The van der Waals surface area contributed by atoms with Crippen LogP contribution in [0.4, 0.5) is 0 Å². The van der Waals surface area contributed by atoms with Crippen LogP contribution in [0.2, 0.25) is 5.02 Å². The number of benzene rings is 2. The van der Waals surface area contributed by atoms with Crippen molar-refractivity contribution in [2.45, 2.75) is 26.0 Å². The maximum atomic E-state index is 13.0. The summed E-state index contributed by atoms with van der Waals surface area (Å²) in [4.78, 5) is 20.3. The van der Waals surface area contributed by atoms with Crippen molar-refractivity contribution in [1.82, 2.24) is 4.90 Å². The highest BCUT2D eigenvalue weighted by molar-refractivity contribution is 6.31. The predicted octanol–water partition coefficient (Wildman–Crippen LogP) is 5.08. The lowest BCUT2D eigenvalue weighted by Gasteiger charge is -2.24. The fraction of sp³-hybridized carbons (Fsp3) is 0.217. The molecule has 0 radical (unpaired) electrons. The molecular weight excluding hydrogens is 388 g/mol. The molecule has 1 amide bonds. The molecule has 6 heteroatoms. The van der Waals surface area contributed by atoms with Gasteiger partial charge in [0.15, 0.2) is 11.9 Å². The predicted molar refractivity (Wildman–Crippen MR) is 112 cm³/mol. The van der Waals surface area contributed by atoms with Crippen LogP contribution < -0.4 is 0 Å². The fourth-order valence-corrected chi connectivity index (χ4v) is 3.49. The van der Waals surface area contributed by atoms with Crippen molar-refractivity contribution in [3.05, 3.63) is 94.4 Å². The van der Waals surface area contributed by atoms with Crippen LogP contribution in [0.3, 0.4) is 0 Å². The Labute approximate surface area is 174 Å². The average Bonchev–Trinajstić information content (AvgIpc) is 3.41. The SMILES string of the molecule is Cc1ccc(C2=NO[C@H](CN(Cc3ccccc3Cl)C(=O)c3ccco3)C2)cc1. The van der Waals surface area contributed by atoms with Crippen LogP contribution in [0.1, 0.15) is 33.7 Å². The summed E-state index contributed by atoms with van der Waals surface area (Å²) in [7, 11) is 0. The summed E-state index contributed by atoms with van der Waals surface area (Å²) in [6.45, 7) is 2.79. The van der Waals surface area contributed by atoms with Crippen molar-refractivity contribution in [1.29, 1.82) is 0 Å². The number of amides is 1. The Morgan fingerprint density at radius 3 is 2.66 bits per heavy atom. The highest BCUT2D eigenvalue weighted by Gasteiger charge is 2.28. The first-order valence-corrected chi connectivity index (χ1v) is 9.84. The van der Waals surface area contributed by atoms with Gasteiger partial charge in [0.05, 0.1) is 18.5 Å². The van der Waals surface area contributed by atoms with E-state index in [-0.39, 0.29) is 17.8 Å². The second-order valence-corrected chi connectivity index (χ2v) is 7.50. The molecule has 0 saturated heterocycles. The van der Waals surface area contributed by atoms with Gasteiger partial charge in [-0.1, -0.05) is 64.8 Å². The van der Waals surface area contributed by atoms with Crippen molar-refractivity contribution in [3.63, 3.8) is 0 Å². The van der Waals surface area contributed by atoms with E-state index >= 15 is 0 Å². The minimum absolute atomic E-state index is 0.206. The number of hydrogen-bond acceptors (Lipinski definition) is 4. The molecule has 1 aromatic heterocycles. The number of nitrogens with zero attached hydrogens (tertiary/aromatic N) is 2. The molecule has 1 atom stereocenters. The number of furan rings is 1. The Bertz CT molecular complexity index is 1010. The van der Waals surface area contributed by atoms with Gasteiger partial charge in [-0.05, 0) is 36.2 Å². The topological polar surface area (TPSA) is 55.0 Å². The van der Waals surface area contributed by atoms with Gasteiger partial charge in [0.1, 0.15) is 0 Å². The quantitative estimate of drug-likeness (QED) is 0.571. The first-order valence-electron chi connectivity index (χ1n) is 9.46. The minimum Gasteiger partial charge on any atom is -0.459 e. The second kappa shape index (κ2) is 8.53. The van der Waals surface area contributed by atoms with Crippen molar-refractivity contribution in [3.8, 4) is 0 Å². The first kappa shape index (κ1) is 19.3. The maximum absolute atomic E-state index is 13.0. The molecule has 0 saturated carbocycles. The summed E-state index contributed by atoms with van der Waals surface area (Å²) in [5.74, 6) is 0.0806. The van der Waals surface area contributed by atoms with E-state index < -0.39 is 0 Å². The summed E-state index contributed by atoms with van der Waals surface area (Å²) >= 11 is 6.32. The van der Waals surface area contributed by atoms with Crippen LogP contribution in [-0.2, 0) is 11.4 Å². The summed E-state index contributed by atoms with van der Waals surface area (Å²) in [6.07, 6.45) is 1.90. The number of hydrogen-bond donors (Lipinski definition) is 0. The lowest BCUT2D eigenvalue weighted by Crippen LogP contribution is -2.37. The van der Waals surface area contributed by atoms with E-state index in [0.29, 0.717) is 24.5 Å². The van der Waals surface area contributed by atoms with Crippen molar-refractivity contribution in [2.24, 2.45) is 5.16 Å². The Morgan fingerprint density at radius 1 is 1.14 bits per heavy atom. The molecule has 3 aromatic rings. The fourth-order valence-electron chi connectivity index (χ4n) is 3.30. The highest BCUT2D eigenvalue weighted by Crippen LogP contribution is 2.22. The lowest BCUT2D eigenvalue weighted by molar-refractivity contribution is 0.0387. The van der Waals surface area contributed by atoms with Gasteiger partial charge in [-0.15, -0.1) is 0 Å². The smallest absolute Gasteiger partial charge is 0.289 e. The van der Waals surface area contributed by atoms with Gasteiger partial charge in [-0.3, -0.25) is 4.79 Å². The molecule has 1 aliphatic rings. The maximum Gasteiger partial charge on any atom is 0.289 e. The number of rotatable bonds is 6. The summed E-state index contributed by atoms with van der Waals surface area (Å²) in [5.41, 5.74) is 3.98. The molecule has 0 spiro atoms. The molecule has 5 nitrogen and oxygen atoms in total. The third-order valence-electron chi connectivity index (χ3n) is 4.88. The molecule has 2 aromatic carbocycles. The molecule has 2 heterocycles. The van der Waals surface area contributed by atoms with E-state index in [9.17, 15) is 4.79 Å². The zero-order valence-electron chi connectivity index (χ0n) is 16.0. The largest absolute Gasteiger partial charge is 0.459 e. The molecule has 0 N–H and O–H groups in total. The van der Waals surface area contributed by atoms with Crippen LogP contribution >= 0.6 is 11.6 Å². The third-order valence-corrected chi connectivity index (χ3v) is 5.25. The molecule has 0 aliphatic carbocycles. The summed E-state index contributed by atoms with van der Waals surface area (Å²) in [6, 6.07) is 19.0. The van der Waals surface area contributed by atoms with Crippen molar-refractivity contribution in [2.75, 3.05) is 6.54 Å². The van der Waals surface area contributed by atoms with E-state index in [0.717, 1.165) is 16.8 Å². The van der Waals surface area contributed by atoms with Crippen LogP contribution in [0, 0.1) is 6.92 Å². The molecule has 4 rings (SSSR count). The number of halogens is 1. The third kappa shape index (κ3) is 4.51. The number of oxime groups is 1. The second-order valence-electron chi connectivity index (χ2n) is 7.09. The highest BCUT2D eigenvalue weighted by atomic mass is 35.5. The zero-order valence-corrected chi connectivity index (χ0v) is 16.8. The molecular formula is C23H21ClN2O3. The van der Waals surface area contributed by atoms with Gasteiger partial charge < -0.3 is 14.2 Å². The van der Waals surface area contributed by atoms with Crippen LogP contribution in [0.15, 0.2) is 76.5 Å². The monoisotopic (exact) mass is 408 g/mol. The van der Waals surface area contributed by atoms with E-state index in [1.807, 2.05) is 43.3 Å².